The van der Waals surface area contributed by atoms with Crippen molar-refractivity contribution in [1.82, 2.24) is 5.32 Å². The smallest absolute Gasteiger partial charge is 0.305 e. The Bertz CT molecular complexity index is 1230. The molecule has 0 saturated heterocycles. The number of hydrogen-bond acceptors (Lipinski definition) is 5. The molecule has 0 fully saturated rings. The number of esters is 1. The van der Waals surface area contributed by atoms with Gasteiger partial charge in [-0.05, 0) is 51.4 Å². The van der Waals surface area contributed by atoms with E-state index in [-0.39, 0.29) is 18.5 Å². The Labute approximate surface area is 494 Å². The molecular weight excluding hydrogens is 971 g/mol. The first-order valence-corrected chi connectivity index (χ1v) is 36.1. The van der Waals surface area contributed by atoms with Gasteiger partial charge in [0.25, 0.3) is 0 Å². The highest BCUT2D eigenvalue weighted by molar-refractivity contribution is 5.76. The summed E-state index contributed by atoms with van der Waals surface area (Å²) in [5, 5.41) is 23.3. The van der Waals surface area contributed by atoms with Gasteiger partial charge in [-0.15, -0.1) is 0 Å². The predicted molar refractivity (Wildman–Crippen MR) is 347 cm³/mol. The number of carbonyl (C=O) groups excluding carboxylic acids is 2. The van der Waals surface area contributed by atoms with Gasteiger partial charge in [-0.1, -0.05) is 366 Å². The maximum absolute atomic E-state index is 12.5. The monoisotopic (exact) mass is 1110 g/mol. The number of carbonyl (C=O) groups is 2. The first-order chi connectivity index (χ1) is 39.0. The van der Waals surface area contributed by atoms with Crippen molar-refractivity contribution in [2.24, 2.45) is 0 Å². The number of rotatable bonds is 68. The molecule has 6 heteroatoms. The van der Waals surface area contributed by atoms with Crippen LogP contribution in [0.4, 0.5) is 0 Å². The van der Waals surface area contributed by atoms with Crippen LogP contribution in [0.25, 0.3) is 0 Å². The Hall–Kier alpha value is -1.66. The zero-order valence-corrected chi connectivity index (χ0v) is 53.6. The van der Waals surface area contributed by atoms with Crippen molar-refractivity contribution in [1.29, 1.82) is 0 Å². The van der Waals surface area contributed by atoms with E-state index >= 15 is 0 Å². The van der Waals surface area contributed by atoms with Crippen molar-refractivity contribution in [3.05, 3.63) is 24.3 Å². The molecule has 0 saturated carbocycles. The summed E-state index contributed by atoms with van der Waals surface area (Å²) in [5.74, 6) is -0.0193. The fourth-order valence-electron chi connectivity index (χ4n) is 11.5. The lowest BCUT2D eigenvalue weighted by Crippen LogP contribution is -2.45. The first kappa shape index (κ1) is 77.3. The topological polar surface area (TPSA) is 95.9 Å². The number of ether oxygens (including phenoxy) is 1. The Morgan fingerprint density at radius 1 is 0.354 bits per heavy atom. The standard InChI is InChI=1S/C73H141NO5/c1-3-5-7-9-11-13-15-17-42-45-49-53-57-61-65-71(76)70(69-75)74-72(77)66-62-58-54-50-46-43-39-37-35-33-31-29-27-25-23-21-19-18-20-22-24-26-28-30-32-34-36-38-40-44-48-52-56-60-64-68-79-73(78)67-63-59-55-51-47-41-16-14-12-10-8-6-4-2/h8,10,14,16,70-71,75-76H,3-7,9,11-13,15,17-69H2,1-2H3,(H,74,77)/b10-8-,16-14-. The zero-order valence-electron chi connectivity index (χ0n) is 53.6. The maximum Gasteiger partial charge on any atom is 0.305 e. The van der Waals surface area contributed by atoms with Gasteiger partial charge in [-0.25, -0.2) is 0 Å². The molecule has 0 aromatic rings. The summed E-state index contributed by atoms with van der Waals surface area (Å²) in [7, 11) is 0. The number of hydrogen-bond donors (Lipinski definition) is 3. The van der Waals surface area contributed by atoms with Crippen LogP contribution in [-0.4, -0.2) is 47.4 Å². The lowest BCUT2D eigenvalue weighted by Gasteiger charge is -2.22. The van der Waals surface area contributed by atoms with Crippen LogP contribution >= 0.6 is 0 Å². The van der Waals surface area contributed by atoms with Crippen molar-refractivity contribution in [3.8, 4) is 0 Å². The third-order valence-electron chi connectivity index (χ3n) is 17.0. The van der Waals surface area contributed by atoms with Crippen LogP contribution in [0.3, 0.4) is 0 Å². The molecule has 0 radical (unpaired) electrons. The van der Waals surface area contributed by atoms with E-state index in [2.05, 4.69) is 43.5 Å². The largest absolute Gasteiger partial charge is 0.466 e. The summed E-state index contributed by atoms with van der Waals surface area (Å²) in [6.45, 7) is 4.92. The van der Waals surface area contributed by atoms with Crippen LogP contribution in [-0.2, 0) is 14.3 Å². The summed E-state index contributed by atoms with van der Waals surface area (Å²) in [4.78, 5) is 24.5. The van der Waals surface area contributed by atoms with Gasteiger partial charge < -0.3 is 20.3 Å². The van der Waals surface area contributed by atoms with Gasteiger partial charge >= 0.3 is 5.97 Å². The van der Waals surface area contributed by atoms with Gasteiger partial charge in [0.15, 0.2) is 0 Å². The Morgan fingerprint density at radius 2 is 0.658 bits per heavy atom. The molecule has 0 heterocycles. The molecule has 0 aliphatic rings. The van der Waals surface area contributed by atoms with E-state index in [1.165, 1.54) is 321 Å². The van der Waals surface area contributed by atoms with E-state index in [0.717, 1.165) is 51.4 Å². The quantitative estimate of drug-likeness (QED) is 0.0320. The normalized spacial score (nSPS) is 12.6. The Balaban J connectivity index is 3.30. The van der Waals surface area contributed by atoms with Crippen molar-refractivity contribution < 1.29 is 24.5 Å². The van der Waals surface area contributed by atoms with Gasteiger partial charge in [-0.3, -0.25) is 9.59 Å². The fraction of sp³-hybridized carbons (Fsp3) is 0.918. The maximum atomic E-state index is 12.5. The van der Waals surface area contributed by atoms with Crippen molar-refractivity contribution in [2.45, 2.75) is 418 Å². The molecule has 0 aromatic carbocycles. The van der Waals surface area contributed by atoms with Gasteiger partial charge in [-0.2, -0.15) is 0 Å². The van der Waals surface area contributed by atoms with Crippen LogP contribution in [0.2, 0.25) is 0 Å². The molecule has 2 unspecified atom stereocenters. The second-order valence-corrected chi connectivity index (χ2v) is 24.9. The molecule has 79 heavy (non-hydrogen) atoms. The summed E-state index contributed by atoms with van der Waals surface area (Å²) >= 11 is 0. The number of unbranched alkanes of at least 4 members (excludes halogenated alkanes) is 53. The molecule has 1 amide bonds. The highest BCUT2D eigenvalue weighted by Gasteiger charge is 2.20. The molecule has 468 valence electrons. The number of nitrogens with one attached hydrogen (secondary N) is 1. The highest BCUT2D eigenvalue weighted by Crippen LogP contribution is 2.19. The summed E-state index contributed by atoms with van der Waals surface area (Å²) in [6, 6.07) is -0.536. The first-order valence-electron chi connectivity index (χ1n) is 36.1. The van der Waals surface area contributed by atoms with Crippen molar-refractivity contribution >= 4 is 11.9 Å². The van der Waals surface area contributed by atoms with E-state index in [0.29, 0.717) is 25.9 Å². The number of aliphatic hydroxyl groups is 2. The molecule has 0 rings (SSSR count). The van der Waals surface area contributed by atoms with Crippen LogP contribution in [0, 0.1) is 0 Å². The minimum Gasteiger partial charge on any atom is -0.466 e. The predicted octanol–water partition coefficient (Wildman–Crippen LogP) is 23.3. The van der Waals surface area contributed by atoms with Gasteiger partial charge in [0.1, 0.15) is 0 Å². The van der Waals surface area contributed by atoms with Gasteiger partial charge in [0.05, 0.1) is 25.4 Å². The second-order valence-electron chi connectivity index (χ2n) is 24.9. The lowest BCUT2D eigenvalue weighted by molar-refractivity contribution is -0.143. The Morgan fingerprint density at radius 3 is 1.01 bits per heavy atom. The van der Waals surface area contributed by atoms with E-state index in [4.69, 9.17) is 4.74 Å². The third-order valence-corrected chi connectivity index (χ3v) is 17.0. The molecule has 0 aliphatic heterocycles. The van der Waals surface area contributed by atoms with Crippen LogP contribution < -0.4 is 5.32 Å². The average Bonchev–Trinajstić information content (AvgIpc) is 3.45. The zero-order chi connectivity index (χ0) is 57.1. The van der Waals surface area contributed by atoms with Crippen molar-refractivity contribution in [2.75, 3.05) is 13.2 Å². The average molecular weight is 1110 g/mol. The summed E-state index contributed by atoms with van der Waals surface area (Å²) in [5.41, 5.74) is 0. The molecule has 2 atom stereocenters. The minimum atomic E-state index is -0.659. The number of aliphatic hydroxyl groups excluding tert-OH is 2. The molecule has 0 aromatic heterocycles. The van der Waals surface area contributed by atoms with Crippen LogP contribution in [0.15, 0.2) is 24.3 Å². The Kier molecular flexibility index (Phi) is 67.4. The van der Waals surface area contributed by atoms with Crippen LogP contribution in [0.1, 0.15) is 406 Å². The molecular formula is C73H141NO5. The summed E-state index contributed by atoms with van der Waals surface area (Å²) < 4.78 is 5.48. The van der Waals surface area contributed by atoms with E-state index < -0.39 is 12.1 Å². The number of allylic oxidation sites excluding steroid dienone is 4. The van der Waals surface area contributed by atoms with E-state index in [1.54, 1.807) is 0 Å². The van der Waals surface area contributed by atoms with Gasteiger partial charge in [0.2, 0.25) is 5.91 Å². The van der Waals surface area contributed by atoms with Crippen molar-refractivity contribution in [3.63, 3.8) is 0 Å². The number of amides is 1. The minimum absolute atomic E-state index is 0.00764. The SMILES string of the molecule is CCC/C=C\C/C=C\CCCCCCCC(=O)OCCCCCCCCCCCCCCCCCCCCCCCCCCCCCCCCCCCCCC(=O)NC(CO)C(O)CCCCCCCCCCCCCCCC. The molecule has 0 spiro atoms. The van der Waals surface area contributed by atoms with Gasteiger partial charge in [0, 0.05) is 12.8 Å². The van der Waals surface area contributed by atoms with E-state index in [1.807, 2.05) is 0 Å². The summed E-state index contributed by atoms with van der Waals surface area (Å²) in [6.07, 6.45) is 86.8. The van der Waals surface area contributed by atoms with E-state index in [9.17, 15) is 19.8 Å². The highest BCUT2D eigenvalue weighted by atomic mass is 16.5. The fourth-order valence-corrected chi connectivity index (χ4v) is 11.5. The molecule has 3 N–H and O–H groups in total. The third kappa shape index (κ3) is 65.4. The molecule has 0 aliphatic carbocycles. The molecule has 6 nitrogen and oxygen atoms in total. The van der Waals surface area contributed by atoms with Crippen LogP contribution in [0.5, 0.6) is 0 Å². The second kappa shape index (κ2) is 68.8. The molecule has 0 bridgehead atoms. The lowest BCUT2D eigenvalue weighted by atomic mass is 10.0.